The zero-order valence-electron chi connectivity index (χ0n) is 10.7. The summed E-state index contributed by atoms with van der Waals surface area (Å²) in [6.45, 7) is 3.44. The average Bonchev–Trinajstić information content (AvgIpc) is 2.29. The second-order valence-electron chi connectivity index (χ2n) is 4.07. The van der Waals surface area contributed by atoms with Crippen LogP contribution in [0.4, 0.5) is 5.69 Å². The standard InChI is InChI=1S/C12H19N3O2S/c1-11-4-6-12(7-5-11)14-9-3-8-13-10-15-18(2,16)17/h4-7,10,14H,3,8-9H2,1-2H3,(H,13,15). The van der Waals surface area contributed by atoms with Crippen LogP contribution in [0.25, 0.3) is 0 Å². The molecule has 1 aromatic rings. The molecular formula is C12H19N3O2S. The van der Waals surface area contributed by atoms with Gasteiger partial charge in [-0.25, -0.2) is 8.42 Å². The molecule has 1 rings (SSSR count). The summed E-state index contributed by atoms with van der Waals surface area (Å²) in [7, 11) is -3.18. The van der Waals surface area contributed by atoms with Crippen LogP contribution in [-0.4, -0.2) is 34.1 Å². The van der Waals surface area contributed by atoms with E-state index in [1.807, 2.05) is 19.1 Å². The van der Waals surface area contributed by atoms with Crippen LogP contribution in [0.5, 0.6) is 0 Å². The van der Waals surface area contributed by atoms with Crippen molar-refractivity contribution < 1.29 is 8.42 Å². The lowest BCUT2D eigenvalue weighted by Crippen LogP contribution is -2.20. The van der Waals surface area contributed by atoms with E-state index in [0.29, 0.717) is 6.54 Å². The predicted molar refractivity (Wildman–Crippen MR) is 75.6 cm³/mol. The first-order valence-electron chi connectivity index (χ1n) is 5.73. The highest BCUT2D eigenvalue weighted by atomic mass is 32.2. The topological polar surface area (TPSA) is 70.6 Å². The van der Waals surface area contributed by atoms with Gasteiger partial charge in [-0.1, -0.05) is 17.7 Å². The van der Waals surface area contributed by atoms with E-state index in [1.54, 1.807) is 0 Å². The van der Waals surface area contributed by atoms with Crippen molar-refractivity contribution in [2.45, 2.75) is 13.3 Å². The molecule has 1 aromatic carbocycles. The van der Waals surface area contributed by atoms with Gasteiger partial charge in [0, 0.05) is 18.8 Å². The molecule has 0 radical (unpaired) electrons. The smallest absolute Gasteiger partial charge is 0.230 e. The fraction of sp³-hybridized carbons (Fsp3) is 0.417. The molecule has 0 unspecified atom stereocenters. The molecule has 0 bridgehead atoms. The zero-order valence-corrected chi connectivity index (χ0v) is 11.5. The Kier molecular flexibility index (Phi) is 5.64. The third kappa shape index (κ3) is 6.90. The molecule has 5 nitrogen and oxygen atoms in total. The molecule has 0 amide bonds. The van der Waals surface area contributed by atoms with Crippen LogP contribution in [0, 0.1) is 6.92 Å². The second kappa shape index (κ2) is 7.00. The number of anilines is 1. The summed E-state index contributed by atoms with van der Waals surface area (Å²) in [4.78, 5) is 3.95. The lowest BCUT2D eigenvalue weighted by Gasteiger charge is -2.05. The highest BCUT2D eigenvalue weighted by molar-refractivity contribution is 7.89. The van der Waals surface area contributed by atoms with Crippen molar-refractivity contribution in [2.75, 3.05) is 24.7 Å². The summed E-state index contributed by atoms with van der Waals surface area (Å²) in [5.74, 6) is 0. The maximum atomic E-state index is 10.7. The number of sulfonamides is 1. The maximum Gasteiger partial charge on any atom is 0.230 e. The Balaban J connectivity index is 2.14. The van der Waals surface area contributed by atoms with Crippen molar-refractivity contribution >= 4 is 22.0 Å². The first kappa shape index (κ1) is 14.5. The molecule has 0 heterocycles. The number of hydrogen-bond acceptors (Lipinski definition) is 4. The van der Waals surface area contributed by atoms with Gasteiger partial charge in [-0.15, -0.1) is 0 Å². The fourth-order valence-corrected chi connectivity index (χ4v) is 1.54. The number of rotatable bonds is 7. The molecule has 0 saturated heterocycles. The van der Waals surface area contributed by atoms with Crippen molar-refractivity contribution in [1.29, 1.82) is 0 Å². The number of hydrogen-bond donors (Lipinski definition) is 2. The van der Waals surface area contributed by atoms with E-state index in [-0.39, 0.29) is 0 Å². The van der Waals surface area contributed by atoms with Gasteiger partial charge in [0.05, 0.1) is 12.6 Å². The quantitative estimate of drug-likeness (QED) is 0.446. The number of nitrogens with zero attached hydrogens (tertiary/aromatic N) is 1. The lowest BCUT2D eigenvalue weighted by atomic mass is 10.2. The largest absolute Gasteiger partial charge is 0.385 e. The Morgan fingerprint density at radius 3 is 2.56 bits per heavy atom. The lowest BCUT2D eigenvalue weighted by molar-refractivity contribution is 0.599. The van der Waals surface area contributed by atoms with Crippen LogP contribution in [0.2, 0.25) is 0 Å². The van der Waals surface area contributed by atoms with Crippen molar-refractivity contribution in [3.05, 3.63) is 29.8 Å². The molecular weight excluding hydrogens is 250 g/mol. The minimum absolute atomic E-state index is 0.585. The van der Waals surface area contributed by atoms with E-state index in [4.69, 9.17) is 0 Å². The second-order valence-corrected chi connectivity index (χ2v) is 5.85. The Labute approximate surface area is 108 Å². The highest BCUT2D eigenvalue weighted by Gasteiger charge is 1.93. The molecule has 100 valence electrons. The number of aliphatic imine (C=N–C) groups is 1. The number of aryl methyl sites for hydroxylation is 1. The first-order chi connectivity index (χ1) is 8.47. The van der Waals surface area contributed by atoms with E-state index in [1.165, 1.54) is 11.9 Å². The molecule has 0 saturated carbocycles. The Hall–Kier alpha value is -1.56. The molecule has 0 aliphatic carbocycles. The van der Waals surface area contributed by atoms with Crippen molar-refractivity contribution in [1.82, 2.24) is 4.72 Å². The van der Waals surface area contributed by atoms with Crippen LogP contribution in [0.3, 0.4) is 0 Å². The molecule has 6 heteroatoms. The Morgan fingerprint density at radius 1 is 1.28 bits per heavy atom. The van der Waals surface area contributed by atoms with Crippen molar-refractivity contribution in [3.8, 4) is 0 Å². The van der Waals surface area contributed by atoms with E-state index in [2.05, 4.69) is 27.2 Å². The van der Waals surface area contributed by atoms with Gasteiger partial charge < -0.3 is 5.32 Å². The molecule has 0 fully saturated rings. The van der Waals surface area contributed by atoms with Crippen LogP contribution in [0.15, 0.2) is 29.3 Å². The average molecular weight is 269 g/mol. The van der Waals surface area contributed by atoms with Gasteiger partial charge in [0.1, 0.15) is 0 Å². The van der Waals surface area contributed by atoms with Crippen LogP contribution in [-0.2, 0) is 10.0 Å². The van der Waals surface area contributed by atoms with Crippen molar-refractivity contribution in [3.63, 3.8) is 0 Å². The predicted octanol–water partition coefficient (Wildman–Crippen LogP) is 1.37. The van der Waals surface area contributed by atoms with E-state index >= 15 is 0 Å². The summed E-state index contributed by atoms with van der Waals surface area (Å²) in [5.41, 5.74) is 2.32. The molecule has 0 spiro atoms. The van der Waals surface area contributed by atoms with Gasteiger partial charge >= 0.3 is 0 Å². The molecule has 0 aromatic heterocycles. The Bertz CT molecular complexity index is 481. The van der Waals surface area contributed by atoms with E-state index < -0.39 is 10.0 Å². The van der Waals surface area contributed by atoms with Crippen LogP contribution in [0.1, 0.15) is 12.0 Å². The third-order valence-corrected chi connectivity index (χ3v) is 2.74. The number of nitrogens with one attached hydrogen (secondary N) is 2. The number of benzene rings is 1. The SMILES string of the molecule is Cc1ccc(NCCCN=CNS(C)(=O)=O)cc1. The normalized spacial score (nSPS) is 11.7. The molecule has 0 aliphatic heterocycles. The zero-order chi connectivity index (χ0) is 13.4. The van der Waals surface area contributed by atoms with Gasteiger partial charge in [0.15, 0.2) is 0 Å². The molecule has 18 heavy (non-hydrogen) atoms. The van der Waals surface area contributed by atoms with Gasteiger partial charge in [0.25, 0.3) is 0 Å². The fourth-order valence-electron chi connectivity index (χ4n) is 1.27. The first-order valence-corrected chi connectivity index (χ1v) is 7.63. The monoisotopic (exact) mass is 269 g/mol. The van der Waals surface area contributed by atoms with Crippen LogP contribution < -0.4 is 10.0 Å². The summed E-state index contributed by atoms with van der Waals surface area (Å²) in [5, 5.41) is 3.27. The Morgan fingerprint density at radius 2 is 1.94 bits per heavy atom. The van der Waals surface area contributed by atoms with Gasteiger partial charge in [0.2, 0.25) is 10.0 Å². The molecule has 0 aliphatic rings. The summed E-state index contributed by atoms with van der Waals surface area (Å²) in [6, 6.07) is 8.17. The van der Waals surface area contributed by atoms with E-state index in [9.17, 15) is 8.42 Å². The summed E-state index contributed by atoms with van der Waals surface area (Å²) >= 11 is 0. The minimum atomic E-state index is -3.18. The van der Waals surface area contributed by atoms with Gasteiger partial charge in [-0.3, -0.25) is 9.71 Å². The maximum absolute atomic E-state index is 10.7. The van der Waals surface area contributed by atoms with Crippen molar-refractivity contribution in [2.24, 2.45) is 4.99 Å². The summed E-state index contributed by atoms with van der Waals surface area (Å²) in [6.07, 6.45) is 3.16. The summed E-state index contributed by atoms with van der Waals surface area (Å²) < 4.78 is 23.6. The third-order valence-electron chi connectivity index (χ3n) is 2.20. The van der Waals surface area contributed by atoms with Crippen LogP contribution >= 0.6 is 0 Å². The van der Waals surface area contributed by atoms with Gasteiger partial charge in [-0.05, 0) is 25.5 Å². The highest BCUT2D eigenvalue weighted by Crippen LogP contribution is 2.07. The van der Waals surface area contributed by atoms with E-state index in [0.717, 1.165) is 24.9 Å². The van der Waals surface area contributed by atoms with Gasteiger partial charge in [-0.2, -0.15) is 0 Å². The minimum Gasteiger partial charge on any atom is -0.385 e. The molecule has 0 atom stereocenters. The molecule has 2 N–H and O–H groups in total.